The standard InChI is InChI=1S/C16H17ClN4O2/c17-12-3-1-2-4-13(12)18-14-5-6-15(21-20-14)19-16(22)11-7-9-23-10-8-11/h1-6,11H,7-10H2,(H,18,20)(H,19,21,22). The van der Waals surface area contributed by atoms with Gasteiger partial charge in [-0.25, -0.2) is 0 Å². The molecule has 0 aliphatic carbocycles. The van der Waals surface area contributed by atoms with E-state index in [0.717, 1.165) is 18.5 Å². The Balaban J connectivity index is 1.60. The largest absolute Gasteiger partial charge is 0.381 e. The molecule has 1 aliphatic rings. The molecule has 1 saturated heterocycles. The molecule has 0 saturated carbocycles. The fourth-order valence-corrected chi connectivity index (χ4v) is 2.54. The van der Waals surface area contributed by atoms with E-state index in [1.807, 2.05) is 18.2 Å². The second-order valence-electron chi connectivity index (χ2n) is 5.28. The van der Waals surface area contributed by atoms with Gasteiger partial charge in [0.2, 0.25) is 5.91 Å². The Bertz CT molecular complexity index is 672. The molecule has 0 atom stereocenters. The van der Waals surface area contributed by atoms with Gasteiger partial charge in [0.05, 0.1) is 10.7 Å². The third-order valence-corrected chi connectivity index (χ3v) is 3.97. The number of amides is 1. The second-order valence-corrected chi connectivity index (χ2v) is 5.69. The summed E-state index contributed by atoms with van der Waals surface area (Å²) in [4.78, 5) is 12.1. The lowest BCUT2D eigenvalue weighted by molar-refractivity contribution is -0.122. The highest BCUT2D eigenvalue weighted by Crippen LogP contribution is 2.24. The monoisotopic (exact) mass is 332 g/mol. The topological polar surface area (TPSA) is 76.1 Å². The first-order chi connectivity index (χ1) is 11.2. The Hall–Kier alpha value is -2.18. The van der Waals surface area contributed by atoms with Crippen LogP contribution in [0, 0.1) is 5.92 Å². The number of ether oxygens (including phenoxy) is 1. The van der Waals surface area contributed by atoms with Gasteiger partial charge in [0, 0.05) is 19.1 Å². The minimum absolute atomic E-state index is 0.0218. The number of nitrogens with one attached hydrogen (secondary N) is 2. The van der Waals surface area contributed by atoms with E-state index in [2.05, 4.69) is 20.8 Å². The summed E-state index contributed by atoms with van der Waals surface area (Å²) >= 11 is 6.08. The number of para-hydroxylation sites is 1. The zero-order valence-corrected chi connectivity index (χ0v) is 13.2. The molecule has 120 valence electrons. The zero-order chi connectivity index (χ0) is 16.1. The molecule has 23 heavy (non-hydrogen) atoms. The van der Waals surface area contributed by atoms with Gasteiger partial charge in [0.25, 0.3) is 0 Å². The first-order valence-corrected chi connectivity index (χ1v) is 7.84. The summed E-state index contributed by atoms with van der Waals surface area (Å²) in [5, 5.41) is 14.6. The van der Waals surface area contributed by atoms with Gasteiger partial charge < -0.3 is 15.4 Å². The number of nitrogens with zero attached hydrogens (tertiary/aromatic N) is 2. The molecule has 1 fully saturated rings. The third kappa shape index (κ3) is 4.18. The number of hydrogen-bond acceptors (Lipinski definition) is 5. The molecule has 0 spiro atoms. The third-order valence-electron chi connectivity index (χ3n) is 3.64. The van der Waals surface area contributed by atoms with E-state index >= 15 is 0 Å². The maximum Gasteiger partial charge on any atom is 0.228 e. The van der Waals surface area contributed by atoms with Crippen molar-refractivity contribution < 1.29 is 9.53 Å². The van der Waals surface area contributed by atoms with Crippen LogP contribution in [-0.2, 0) is 9.53 Å². The molecule has 2 N–H and O–H groups in total. The van der Waals surface area contributed by atoms with Gasteiger partial charge in [0.15, 0.2) is 11.6 Å². The minimum Gasteiger partial charge on any atom is -0.381 e. The van der Waals surface area contributed by atoms with Gasteiger partial charge in [-0.3, -0.25) is 4.79 Å². The van der Waals surface area contributed by atoms with Gasteiger partial charge in [-0.05, 0) is 37.1 Å². The quantitative estimate of drug-likeness (QED) is 0.899. The number of carbonyl (C=O) groups is 1. The number of rotatable bonds is 4. The second kappa shape index (κ2) is 7.39. The Kier molecular flexibility index (Phi) is 5.05. The summed E-state index contributed by atoms with van der Waals surface area (Å²) in [7, 11) is 0. The number of benzene rings is 1. The maximum atomic E-state index is 12.1. The highest BCUT2D eigenvalue weighted by Gasteiger charge is 2.21. The van der Waals surface area contributed by atoms with Crippen LogP contribution in [0.5, 0.6) is 0 Å². The highest BCUT2D eigenvalue weighted by atomic mass is 35.5. The van der Waals surface area contributed by atoms with Crippen LogP contribution < -0.4 is 10.6 Å². The van der Waals surface area contributed by atoms with E-state index < -0.39 is 0 Å². The van der Waals surface area contributed by atoms with Crippen molar-refractivity contribution in [3.05, 3.63) is 41.4 Å². The maximum absolute atomic E-state index is 12.1. The molecule has 7 heteroatoms. The minimum atomic E-state index is -0.0330. The van der Waals surface area contributed by atoms with E-state index in [4.69, 9.17) is 16.3 Å². The number of hydrogen-bond donors (Lipinski definition) is 2. The number of aromatic nitrogens is 2. The van der Waals surface area contributed by atoms with Gasteiger partial charge in [-0.1, -0.05) is 23.7 Å². The van der Waals surface area contributed by atoms with Crippen LogP contribution in [0.3, 0.4) is 0 Å². The average Bonchev–Trinajstić information content (AvgIpc) is 2.59. The van der Waals surface area contributed by atoms with Crippen molar-refractivity contribution in [2.24, 2.45) is 5.92 Å². The molecular weight excluding hydrogens is 316 g/mol. The van der Waals surface area contributed by atoms with Crippen molar-refractivity contribution in [3.8, 4) is 0 Å². The molecule has 2 aromatic rings. The van der Waals surface area contributed by atoms with Crippen LogP contribution >= 0.6 is 11.6 Å². The van der Waals surface area contributed by atoms with Crippen molar-refractivity contribution in [2.45, 2.75) is 12.8 Å². The highest BCUT2D eigenvalue weighted by molar-refractivity contribution is 6.33. The molecule has 6 nitrogen and oxygen atoms in total. The van der Waals surface area contributed by atoms with E-state index in [0.29, 0.717) is 29.9 Å². The fraction of sp³-hybridized carbons (Fsp3) is 0.312. The number of anilines is 3. The molecule has 1 amide bonds. The van der Waals surface area contributed by atoms with E-state index in [9.17, 15) is 4.79 Å². The Morgan fingerprint density at radius 3 is 2.48 bits per heavy atom. The smallest absolute Gasteiger partial charge is 0.228 e. The van der Waals surface area contributed by atoms with Gasteiger partial charge in [-0.15, -0.1) is 10.2 Å². The van der Waals surface area contributed by atoms with Gasteiger partial charge in [0.1, 0.15) is 0 Å². The molecule has 0 radical (unpaired) electrons. The van der Waals surface area contributed by atoms with E-state index in [1.165, 1.54) is 0 Å². The summed E-state index contributed by atoms with van der Waals surface area (Å²) in [6.07, 6.45) is 1.48. The van der Waals surface area contributed by atoms with Crippen LogP contribution in [0.25, 0.3) is 0 Å². The lowest BCUT2D eigenvalue weighted by Gasteiger charge is -2.20. The Morgan fingerprint density at radius 2 is 1.78 bits per heavy atom. The normalized spacial score (nSPS) is 15.2. The zero-order valence-electron chi connectivity index (χ0n) is 12.5. The molecular formula is C16H17ClN4O2. The van der Waals surface area contributed by atoms with Crippen LogP contribution in [0.1, 0.15) is 12.8 Å². The molecule has 2 heterocycles. The van der Waals surface area contributed by atoms with Crippen LogP contribution in [0.15, 0.2) is 36.4 Å². The molecule has 0 bridgehead atoms. The first kappa shape index (κ1) is 15.7. The summed E-state index contributed by atoms with van der Waals surface area (Å²) in [6, 6.07) is 10.8. The molecule has 1 aromatic carbocycles. The summed E-state index contributed by atoms with van der Waals surface area (Å²) < 4.78 is 5.26. The fourth-order valence-electron chi connectivity index (χ4n) is 2.35. The van der Waals surface area contributed by atoms with Crippen molar-refractivity contribution in [2.75, 3.05) is 23.8 Å². The number of halogens is 1. The first-order valence-electron chi connectivity index (χ1n) is 7.46. The Morgan fingerprint density at radius 1 is 1.09 bits per heavy atom. The van der Waals surface area contributed by atoms with E-state index in [1.54, 1.807) is 18.2 Å². The predicted octanol–water partition coefficient (Wildman–Crippen LogP) is 3.24. The Labute approximate surface area is 139 Å². The SMILES string of the molecule is O=C(Nc1ccc(Nc2ccccc2Cl)nn1)C1CCOCC1. The molecule has 3 rings (SSSR count). The lowest BCUT2D eigenvalue weighted by atomic mass is 9.99. The van der Waals surface area contributed by atoms with Crippen molar-refractivity contribution in [1.82, 2.24) is 10.2 Å². The van der Waals surface area contributed by atoms with Gasteiger partial charge >= 0.3 is 0 Å². The summed E-state index contributed by atoms with van der Waals surface area (Å²) in [5.41, 5.74) is 0.752. The number of carbonyl (C=O) groups excluding carboxylic acids is 1. The van der Waals surface area contributed by atoms with Crippen molar-refractivity contribution in [1.29, 1.82) is 0 Å². The predicted molar refractivity (Wildman–Crippen MR) is 88.9 cm³/mol. The lowest BCUT2D eigenvalue weighted by Crippen LogP contribution is -2.28. The van der Waals surface area contributed by atoms with Crippen molar-refractivity contribution >= 4 is 34.8 Å². The molecule has 0 unspecified atom stereocenters. The average molecular weight is 333 g/mol. The molecule has 1 aromatic heterocycles. The van der Waals surface area contributed by atoms with Crippen LogP contribution in [-0.4, -0.2) is 29.3 Å². The summed E-state index contributed by atoms with van der Waals surface area (Å²) in [5.74, 6) is 0.939. The van der Waals surface area contributed by atoms with Crippen molar-refractivity contribution in [3.63, 3.8) is 0 Å². The van der Waals surface area contributed by atoms with Crippen LogP contribution in [0.4, 0.5) is 17.3 Å². The van der Waals surface area contributed by atoms with Gasteiger partial charge in [-0.2, -0.15) is 0 Å². The molecule has 1 aliphatic heterocycles. The summed E-state index contributed by atoms with van der Waals surface area (Å²) in [6.45, 7) is 1.26. The van der Waals surface area contributed by atoms with E-state index in [-0.39, 0.29) is 11.8 Å². The van der Waals surface area contributed by atoms with Crippen LogP contribution in [0.2, 0.25) is 5.02 Å².